The minimum atomic E-state index is -4.74. The van der Waals surface area contributed by atoms with E-state index in [1.807, 2.05) is 0 Å². The number of nitrogens with one attached hydrogen (secondary N) is 1. The lowest BCUT2D eigenvalue weighted by Gasteiger charge is -2.12. The molecule has 0 spiro atoms. The number of anilines is 1. The van der Waals surface area contributed by atoms with E-state index >= 15 is 0 Å². The van der Waals surface area contributed by atoms with Gasteiger partial charge in [-0.2, -0.15) is 16.8 Å². The fourth-order valence-corrected chi connectivity index (χ4v) is 3.51. The summed E-state index contributed by atoms with van der Waals surface area (Å²) in [6.45, 7) is 0. The maximum Gasteiger partial charge on any atom is 0.294 e. The van der Waals surface area contributed by atoms with Crippen LogP contribution in [-0.4, -0.2) is 37.0 Å². The lowest BCUT2D eigenvalue weighted by molar-refractivity contribution is 0.0996. The number of hydrogen-bond donors (Lipinski definition) is 4. The minimum absolute atomic E-state index is 0.116. The Kier molecular flexibility index (Phi) is 4.43. The molecular formula is C15H11NO9S2. The van der Waals surface area contributed by atoms with Gasteiger partial charge in [0.25, 0.3) is 26.1 Å². The molecule has 0 aliphatic heterocycles. The summed E-state index contributed by atoms with van der Waals surface area (Å²) in [6, 6.07) is 6.14. The SMILES string of the molecule is O=C(Nc1cc(S(=O)(=O)O)cc2cc(S(=O)(=O)O)cc(O)c12)c1ccco1. The molecule has 1 heterocycles. The fourth-order valence-electron chi connectivity index (χ4n) is 2.43. The van der Waals surface area contributed by atoms with Crippen molar-refractivity contribution in [1.82, 2.24) is 0 Å². The van der Waals surface area contributed by atoms with Crippen LogP contribution in [0.25, 0.3) is 10.8 Å². The Morgan fingerprint density at radius 3 is 2.07 bits per heavy atom. The molecule has 27 heavy (non-hydrogen) atoms. The number of amides is 1. The lowest BCUT2D eigenvalue weighted by atomic mass is 10.1. The second-order valence-corrected chi connectivity index (χ2v) is 8.24. The number of carbonyl (C=O) groups is 1. The number of rotatable bonds is 4. The van der Waals surface area contributed by atoms with Crippen molar-refractivity contribution in [2.45, 2.75) is 9.79 Å². The van der Waals surface area contributed by atoms with E-state index in [1.54, 1.807) is 0 Å². The van der Waals surface area contributed by atoms with Gasteiger partial charge in [-0.05, 0) is 35.7 Å². The normalized spacial score (nSPS) is 12.2. The number of furan rings is 1. The van der Waals surface area contributed by atoms with Gasteiger partial charge in [-0.15, -0.1) is 0 Å². The number of aromatic hydroxyl groups is 1. The number of phenolic OH excluding ortho intramolecular Hbond substituents is 1. The summed E-state index contributed by atoms with van der Waals surface area (Å²) in [5.74, 6) is -1.56. The van der Waals surface area contributed by atoms with Gasteiger partial charge in [-0.25, -0.2) is 0 Å². The lowest BCUT2D eigenvalue weighted by Crippen LogP contribution is -2.12. The third-order valence-electron chi connectivity index (χ3n) is 3.56. The van der Waals surface area contributed by atoms with Gasteiger partial charge >= 0.3 is 0 Å². The molecule has 4 N–H and O–H groups in total. The predicted molar refractivity (Wildman–Crippen MR) is 91.9 cm³/mol. The Morgan fingerprint density at radius 2 is 1.56 bits per heavy atom. The number of phenols is 1. The number of benzene rings is 2. The molecule has 0 atom stereocenters. The first-order valence-electron chi connectivity index (χ1n) is 7.07. The van der Waals surface area contributed by atoms with Gasteiger partial charge in [0.1, 0.15) is 5.75 Å². The fraction of sp³-hybridized carbons (Fsp3) is 0. The minimum Gasteiger partial charge on any atom is -0.507 e. The first kappa shape index (κ1) is 18.8. The van der Waals surface area contributed by atoms with E-state index in [0.717, 1.165) is 24.3 Å². The maximum absolute atomic E-state index is 12.2. The van der Waals surface area contributed by atoms with Gasteiger partial charge < -0.3 is 14.8 Å². The van der Waals surface area contributed by atoms with Crippen LogP contribution >= 0.6 is 0 Å². The summed E-state index contributed by atoms with van der Waals surface area (Å²) in [5, 5.41) is 12.2. The number of carbonyl (C=O) groups excluding carboxylic acids is 1. The molecule has 3 rings (SSSR count). The van der Waals surface area contributed by atoms with Crippen molar-refractivity contribution in [2.24, 2.45) is 0 Å². The second-order valence-electron chi connectivity index (χ2n) is 5.39. The smallest absolute Gasteiger partial charge is 0.294 e. The van der Waals surface area contributed by atoms with Crippen molar-refractivity contribution >= 4 is 42.6 Å². The summed E-state index contributed by atoms with van der Waals surface area (Å²) in [7, 11) is -9.45. The summed E-state index contributed by atoms with van der Waals surface area (Å²) >= 11 is 0. The molecule has 0 saturated heterocycles. The van der Waals surface area contributed by atoms with Crippen LogP contribution in [0.1, 0.15) is 10.6 Å². The zero-order chi connectivity index (χ0) is 20.0. The van der Waals surface area contributed by atoms with Crippen molar-refractivity contribution in [3.05, 3.63) is 48.4 Å². The summed E-state index contributed by atoms with van der Waals surface area (Å²) < 4.78 is 69.0. The topological polar surface area (TPSA) is 171 Å². The van der Waals surface area contributed by atoms with Crippen molar-refractivity contribution in [3.63, 3.8) is 0 Å². The van der Waals surface area contributed by atoms with Crippen LogP contribution in [0, 0.1) is 0 Å². The quantitative estimate of drug-likeness (QED) is 0.466. The molecule has 2 aromatic carbocycles. The zero-order valence-electron chi connectivity index (χ0n) is 13.1. The van der Waals surface area contributed by atoms with Gasteiger partial charge in [0, 0.05) is 11.5 Å². The molecule has 0 radical (unpaired) electrons. The molecule has 12 heteroatoms. The van der Waals surface area contributed by atoms with Crippen molar-refractivity contribution in [3.8, 4) is 5.75 Å². The highest BCUT2D eigenvalue weighted by Gasteiger charge is 2.21. The summed E-state index contributed by atoms with van der Waals surface area (Å²) in [4.78, 5) is 10.8. The van der Waals surface area contributed by atoms with Crippen LogP contribution in [-0.2, 0) is 20.2 Å². The third-order valence-corrected chi connectivity index (χ3v) is 5.23. The van der Waals surface area contributed by atoms with E-state index in [9.17, 15) is 31.3 Å². The Hall–Kier alpha value is -2.93. The maximum atomic E-state index is 12.2. The van der Waals surface area contributed by atoms with Crippen molar-refractivity contribution in [2.75, 3.05) is 5.32 Å². The Bertz CT molecular complexity index is 1260. The molecule has 0 aliphatic carbocycles. The van der Waals surface area contributed by atoms with Gasteiger partial charge in [0.05, 0.1) is 21.7 Å². The average molecular weight is 413 g/mol. The van der Waals surface area contributed by atoms with Crippen LogP contribution in [0.15, 0.2) is 56.9 Å². The largest absolute Gasteiger partial charge is 0.507 e. The van der Waals surface area contributed by atoms with Crippen LogP contribution in [0.5, 0.6) is 5.75 Å². The molecule has 1 aromatic heterocycles. The van der Waals surface area contributed by atoms with Crippen LogP contribution in [0.3, 0.4) is 0 Å². The van der Waals surface area contributed by atoms with Crippen molar-refractivity contribution in [1.29, 1.82) is 0 Å². The van der Waals surface area contributed by atoms with E-state index < -0.39 is 41.7 Å². The molecule has 0 aliphatic rings. The van der Waals surface area contributed by atoms with E-state index in [-0.39, 0.29) is 22.2 Å². The molecule has 3 aromatic rings. The van der Waals surface area contributed by atoms with Gasteiger partial charge in [-0.1, -0.05) is 0 Å². The first-order valence-corrected chi connectivity index (χ1v) is 9.95. The summed E-state index contributed by atoms with van der Waals surface area (Å²) in [6.07, 6.45) is 1.23. The molecule has 10 nitrogen and oxygen atoms in total. The Balaban J connectivity index is 2.29. The van der Waals surface area contributed by atoms with Gasteiger partial charge in [-0.3, -0.25) is 13.9 Å². The standard InChI is InChI=1S/C15H11NO9S2/c17-12-7-10(27(22,23)24)5-8-4-9(26(19,20)21)6-11(14(8)12)16-15(18)13-2-1-3-25-13/h1-7,17H,(H,16,18)(H,19,20,21)(H,22,23,24). The number of fused-ring (bicyclic) bond motifs is 1. The van der Waals surface area contributed by atoms with Crippen LogP contribution in [0.4, 0.5) is 5.69 Å². The second kappa shape index (κ2) is 6.35. The Labute approximate surface area is 152 Å². The molecule has 142 valence electrons. The Morgan fingerprint density at radius 1 is 0.963 bits per heavy atom. The average Bonchev–Trinajstić information content (AvgIpc) is 3.06. The van der Waals surface area contributed by atoms with E-state index in [2.05, 4.69) is 5.32 Å². The zero-order valence-corrected chi connectivity index (χ0v) is 14.8. The molecular weight excluding hydrogens is 402 g/mol. The summed E-state index contributed by atoms with van der Waals surface area (Å²) in [5.41, 5.74) is -0.235. The highest BCUT2D eigenvalue weighted by molar-refractivity contribution is 7.86. The van der Waals surface area contributed by atoms with Gasteiger partial charge in [0.15, 0.2) is 5.76 Å². The first-order chi connectivity index (χ1) is 12.5. The number of hydrogen-bond acceptors (Lipinski definition) is 7. The molecule has 0 bridgehead atoms. The molecule has 1 amide bonds. The highest BCUT2D eigenvalue weighted by atomic mass is 32.2. The third kappa shape index (κ3) is 3.78. The highest BCUT2D eigenvalue weighted by Crippen LogP contribution is 2.36. The molecule has 0 unspecified atom stereocenters. The molecule has 0 saturated carbocycles. The monoisotopic (exact) mass is 413 g/mol. The molecule has 0 fully saturated rings. The predicted octanol–water partition coefficient (Wildman–Crippen LogP) is 1.88. The van der Waals surface area contributed by atoms with E-state index in [1.165, 1.54) is 18.4 Å². The van der Waals surface area contributed by atoms with Gasteiger partial charge in [0.2, 0.25) is 0 Å². The van der Waals surface area contributed by atoms with E-state index in [4.69, 9.17) is 8.97 Å². The van der Waals surface area contributed by atoms with Crippen LogP contribution in [0.2, 0.25) is 0 Å². The van der Waals surface area contributed by atoms with Crippen molar-refractivity contribution < 1.29 is 40.3 Å². The van der Waals surface area contributed by atoms with Crippen LogP contribution < -0.4 is 5.32 Å². The van der Waals surface area contributed by atoms with E-state index in [0.29, 0.717) is 0 Å².